The largest absolute Gasteiger partial charge is 0.280 e. The topological polar surface area (TPSA) is 87.6 Å². The van der Waals surface area contributed by atoms with Crippen LogP contribution in [0.2, 0.25) is 5.02 Å². The van der Waals surface area contributed by atoms with Gasteiger partial charge in [-0.05, 0) is 67.1 Å². The van der Waals surface area contributed by atoms with Gasteiger partial charge in [-0.3, -0.25) is 9.52 Å². The van der Waals surface area contributed by atoms with Gasteiger partial charge in [-0.15, -0.1) is 0 Å². The first-order valence-corrected chi connectivity index (χ1v) is 11.4. The van der Waals surface area contributed by atoms with Gasteiger partial charge in [0, 0.05) is 20.7 Å². The zero-order valence-corrected chi connectivity index (χ0v) is 18.9. The Hall–Kier alpha value is -2.68. The maximum Gasteiger partial charge on any atom is 0.271 e. The van der Waals surface area contributed by atoms with E-state index in [9.17, 15) is 13.2 Å². The Kier molecular flexibility index (Phi) is 6.91. The van der Waals surface area contributed by atoms with Crippen molar-refractivity contribution in [3.05, 3.63) is 93.4 Å². The van der Waals surface area contributed by atoms with Crippen LogP contribution in [0.25, 0.3) is 0 Å². The summed E-state index contributed by atoms with van der Waals surface area (Å²) in [6, 6.07) is 19.4. The highest BCUT2D eigenvalue weighted by atomic mass is 79.9. The average molecular weight is 507 g/mol. The zero-order valence-electron chi connectivity index (χ0n) is 15.8. The van der Waals surface area contributed by atoms with Gasteiger partial charge in [0.25, 0.3) is 15.9 Å². The number of anilines is 1. The summed E-state index contributed by atoms with van der Waals surface area (Å²) in [7, 11) is -3.87. The number of amides is 1. The van der Waals surface area contributed by atoms with Crippen molar-refractivity contribution in [3.8, 4) is 0 Å². The van der Waals surface area contributed by atoms with Crippen LogP contribution in [-0.4, -0.2) is 20.0 Å². The fourth-order valence-corrected chi connectivity index (χ4v) is 3.99. The molecule has 0 heterocycles. The Bertz CT molecular complexity index is 1190. The summed E-state index contributed by atoms with van der Waals surface area (Å²) in [5.41, 5.74) is 4.45. The molecule has 0 radical (unpaired) electrons. The van der Waals surface area contributed by atoms with Gasteiger partial charge in [0.1, 0.15) is 0 Å². The number of hydrogen-bond donors (Lipinski definition) is 2. The van der Waals surface area contributed by atoms with Crippen molar-refractivity contribution in [1.29, 1.82) is 0 Å². The monoisotopic (exact) mass is 505 g/mol. The van der Waals surface area contributed by atoms with E-state index in [1.165, 1.54) is 24.3 Å². The lowest BCUT2D eigenvalue weighted by atomic mass is 10.1. The number of hydrogen-bond acceptors (Lipinski definition) is 4. The summed E-state index contributed by atoms with van der Waals surface area (Å²) in [4.78, 5) is 12.4. The van der Waals surface area contributed by atoms with Crippen LogP contribution in [0.4, 0.5) is 5.69 Å². The Morgan fingerprint density at radius 1 is 0.967 bits per heavy atom. The van der Waals surface area contributed by atoms with Gasteiger partial charge in [-0.25, -0.2) is 13.8 Å². The minimum atomic E-state index is -3.87. The Balaban J connectivity index is 1.75. The highest BCUT2D eigenvalue weighted by molar-refractivity contribution is 9.10. The molecule has 9 heteroatoms. The SMILES string of the molecule is C/C(=N\NC(=O)c1cccc(S(=O)(=O)Nc2ccc(Cl)cc2)c1)c1ccc(Br)cc1. The predicted molar refractivity (Wildman–Crippen MR) is 123 cm³/mol. The highest BCUT2D eigenvalue weighted by Gasteiger charge is 2.16. The standard InChI is InChI=1S/C21H17BrClN3O3S/c1-14(15-5-7-17(22)8-6-15)24-25-21(27)16-3-2-4-20(13-16)30(28,29)26-19-11-9-18(23)10-12-19/h2-13,26H,1H3,(H,25,27)/b24-14+. The van der Waals surface area contributed by atoms with Crippen molar-refractivity contribution in [2.75, 3.05) is 4.72 Å². The smallest absolute Gasteiger partial charge is 0.271 e. The maximum absolute atomic E-state index is 12.6. The van der Waals surface area contributed by atoms with Gasteiger partial charge >= 0.3 is 0 Å². The third kappa shape index (κ3) is 5.69. The number of nitrogens with zero attached hydrogens (tertiary/aromatic N) is 1. The minimum Gasteiger partial charge on any atom is -0.280 e. The molecule has 0 spiro atoms. The minimum absolute atomic E-state index is 0.0429. The van der Waals surface area contributed by atoms with Gasteiger partial charge in [0.2, 0.25) is 0 Å². The van der Waals surface area contributed by atoms with Crippen molar-refractivity contribution in [2.45, 2.75) is 11.8 Å². The summed E-state index contributed by atoms with van der Waals surface area (Å²) in [5.74, 6) is -0.519. The second-order valence-electron chi connectivity index (χ2n) is 6.29. The van der Waals surface area contributed by atoms with Gasteiger partial charge < -0.3 is 0 Å². The number of halogens is 2. The zero-order chi connectivity index (χ0) is 21.7. The summed E-state index contributed by atoms with van der Waals surface area (Å²) in [6.07, 6.45) is 0. The molecule has 0 unspecified atom stereocenters. The molecule has 0 aliphatic rings. The Labute approximate surface area is 188 Å². The highest BCUT2D eigenvalue weighted by Crippen LogP contribution is 2.19. The number of rotatable bonds is 6. The van der Waals surface area contributed by atoms with Crippen molar-refractivity contribution in [2.24, 2.45) is 5.10 Å². The first-order valence-electron chi connectivity index (χ1n) is 8.73. The quantitative estimate of drug-likeness (QED) is 0.362. The molecule has 3 rings (SSSR count). The van der Waals surface area contributed by atoms with Gasteiger partial charge in [-0.2, -0.15) is 5.10 Å². The normalized spacial score (nSPS) is 11.8. The maximum atomic E-state index is 12.6. The van der Waals surface area contributed by atoms with E-state index in [1.807, 2.05) is 24.3 Å². The molecular weight excluding hydrogens is 490 g/mol. The summed E-state index contributed by atoms with van der Waals surface area (Å²) >= 11 is 9.18. The van der Waals surface area contributed by atoms with E-state index in [1.54, 1.807) is 31.2 Å². The number of sulfonamides is 1. The third-order valence-electron chi connectivity index (χ3n) is 4.09. The van der Waals surface area contributed by atoms with Crippen molar-refractivity contribution >= 4 is 54.9 Å². The summed E-state index contributed by atoms with van der Waals surface area (Å²) < 4.78 is 28.7. The molecule has 0 aromatic heterocycles. The lowest BCUT2D eigenvalue weighted by Gasteiger charge is -2.09. The lowest BCUT2D eigenvalue weighted by molar-refractivity contribution is 0.0954. The van der Waals surface area contributed by atoms with E-state index >= 15 is 0 Å². The summed E-state index contributed by atoms with van der Waals surface area (Å²) in [5, 5.41) is 4.59. The number of carbonyl (C=O) groups is 1. The van der Waals surface area contributed by atoms with Crippen LogP contribution in [0.1, 0.15) is 22.8 Å². The van der Waals surface area contributed by atoms with Crippen molar-refractivity contribution < 1.29 is 13.2 Å². The molecule has 1 amide bonds. The molecule has 2 N–H and O–H groups in total. The number of benzene rings is 3. The van der Waals surface area contributed by atoms with E-state index in [-0.39, 0.29) is 10.5 Å². The molecule has 0 fully saturated rings. The van der Waals surface area contributed by atoms with E-state index < -0.39 is 15.9 Å². The molecule has 6 nitrogen and oxygen atoms in total. The second-order valence-corrected chi connectivity index (χ2v) is 9.32. The van der Waals surface area contributed by atoms with Crippen LogP contribution in [0.3, 0.4) is 0 Å². The van der Waals surface area contributed by atoms with E-state index in [2.05, 4.69) is 31.2 Å². The molecule has 30 heavy (non-hydrogen) atoms. The molecule has 3 aromatic carbocycles. The molecule has 0 atom stereocenters. The molecule has 0 saturated heterocycles. The first kappa shape index (κ1) is 22.0. The molecule has 154 valence electrons. The Morgan fingerprint density at radius 3 is 2.30 bits per heavy atom. The molecule has 3 aromatic rings. The fourth-order valence-electron chi connectivity index (χ4n) is 2.49. The van der Waals surface area contributed by atoms with E-state index in [0.29, 0.717) is 16.4 Å². The molecule has 0 saturated carbocycles. The molecular formula is C21H17BrClN3O3S. The second kappa shape index (κ2) is 9.42. The average Bonchev–Trinajstić information content (AvgIpc) is 2.74. The van der Waals surface area contributed by atoms with Crippen molar-refractivity contribution in [3.63, 3.8) is 0 Å². The molecule has 0 bridgehead atoms. The lowest BCUT2D eigenvalue weighted by Crippen LogP contribution is -2.20. The van der Waals surface area contributed by atoms with Crippen LogP contribution in [0, 0.1) is 0 Å². The predicted octanol–water partition coefficient (Wildman–Crippen LogP) is 5.06. The number of nitrogens with one attached hydrogen (secondary N) is 2. The van der Waals surface area contributed by atoms with Gasteiger partial charge in [0.05, 0.1) is 10.6 Å². The van der Waals surface area contributed by atoms with Crippen LogP contribution in [0.5, 0.6) is 0 Å². The molecule has 0 aliphatic heterocycles. The van der Waals surface area contributed by atoms with E-state index in [4.69, 9.17) is 11.6 Å². The van der Waals surface area contributed by atoms with Crippen molar-refractivity contribution in [1.82, 2.24) is 5.43 Å². The first-order chi connectivity index (χ1) is 14.2. The number of carbonyl (C=O) groups excluding carboxylic acids is 1. The Morgan fingerprint density at radius 2 is 1.63 bits per heavy atom. The van der Waals surface area contributed by atoms with Crippen LogP contribution in [0.15, 0.2) is 87.3 Å². The van der Waals surface area contributed by atoms with Gasteiger partial charge in [-0.1, -0.05) is 45.7 Å². The van der Waals surface area contributed by atoms with Crippen LogP contribution < -0.4 is 10.1 Å². The van der Waals surface area contributed by atoms with Gasteiger partial charge in [0.15, 0.2) is 0 Å². The van der Waals surface area contributed by atoms with Crippen LogP contribution >= 0.6 is 27.5 Å². The van der Waals surface area contributed by atoms with Crippen LogP contribution in [-0.2, 0) is 10.0 Å². The van der Waals surface area contributed by atoms with E-state index in [0.717, 1.165) is 10.0 Å². The summed E-state index contributed by atoms with van der Waals surface area (Å²) in [6.45, 7) is 1.76. The fraction of sp³-hybridized carbons (Fsp3) is 0.0476. The number of hydrazone groups is 1. The molecule has 0 aliphatic carbocycles. The third-order valence-corrected chi connectivity index (χ3v) is 6.25.